The number of ether oxygens (including phenoxy) is 3. The highest BCUT2D eigenvalue weighted by molar-refractivity contribution is 6.96. The number of hydrogen-bond donors (Lipinski definition) is 0. The Balaban J connectivity index is 2.69. The molecule has 3 nitrogen and oxygen atoms in total. The summed E-state index contributed by atoms with van der Waals surface area (Å²) in [4.78, 5) is 0. The van der Waals surface area contributed by atoms with Crippen LogP contribution in [0.2, 0.25) is 0 Å². The summed E-state index contributed by atoms with van der Waals surface area (Å²) in [5.74, 6) is -30.5. The molecule has 15 heteroatoms. The Morgan fingerprint density at radius 2 is 0.833 bits per heavy atom. The van der Waals surface area contributed by atoms with E-state index >= 15 is 13.2 Å². The summed E-state index contributed by atoms with van der Waals surface area (Å²) < 4.78 is 174. The molecule has 3 aromatic rings. The van der Waals surface area contributed by atoms with Crippen molar-refractivity contribution in [1.29, 1.82) is 0 Å². The number of rotatable bonds is 6. The molecule has 0 unspecified atom stereocenters. The van der Waals surface area contributed by atoms with Gasteiger partial charge in [0.2, 0.25) is 11.6 Å². The zero-order valence-electron chi connectivity index (χ0n) is 18.0. The molecule has 3 aromatic carbocycles. The Morgan fingerprint density at radius 3 is 1.19 bits per heavy atom. The number of halogens is 11. The molecule has 0 amide bonds. The van der Waals surface area contributed by atoms with Gasteiger partial charge in [-0.25, -0.2) is 39.5 Å². The van der Waals surface area contributed by atoms with Gasteiger partial charge < -0.3 is 14.2 Å². The molecule has 0 aliphatic rings. The molecule has 0 saturated heterocycles. The molecule has 3 rings (SSSR count). The van der Waals surface area contributed by atoms with Crippen LogP contribution in [0.15, 0.2) is 6.07 Å². The molecular formula is C21H10BF11O3. The molecule has 0 fully saturated rings. The Kier molecular flexibility index (Phi) is 7.32. The molecule has 0 bridgehead atoms. The monoisotopic (exact) mass is 530 g/mol. The van der Waals surface area contributed by atoms with E-state index in [4.69, 9.17) is 0 Å². The Hall–Kier alpha value is -3.65. The van der Waals surface area contributed by atoms with Crippen LogP contribution in [0.25, 0.3) is 0 Å². The fourth-order valence-electron chi connectivity index (χ4n) is 3.56. The van der Waals surface area contributed by atoms with E-state index in [0.29, 0.717) is 14.2 Å². The van der Waals surface area contributed by atoms with Crippen molar-refractivity contribution in [3.63, 3.8) is 0 Å². The molecular weight excluding hydrogens is 520 g/mol. The fourth-order valence-corrected chi connectivity index (χ4v) is 3.56. The molecule has 0 aromatic heterocycles. The summed E-state index contributed by atoms with van der Waals surface area (Å²) >= 11 is 0. The van der Waals surface area contributed by atoms with Gasteiger partial charge in [-0.15, -0.1) is 0 Å². The van der Waals surface area contributed by atoms with Crippen LogP contribution in [0.5, 0.6) is 17.2 Å². The summed E-state index contributed by atoms with van der Waals surface area (Å²) in [5.41, 5.74) is -6.05. The van der Waals surface area contributed by atoms with Gasteiger partial charge in [-0.1, -0.05) is 0 Å². The molecule has 36 heavy (non-hydrogen) atoms. The van der Waals surface area contributed by atoms with Crippen molar-refractivity contribution >= 4 is 23.1 Å². The average Bonchev–Trinajstić information content (AvgIpc) is 2.84. The SMILES string of the molecule is COc1cc(F)c(F)c(B(c2c(F)c(F)c(F)c(OC)c2F)c2c(F)c(F)c(F)c(OC)c2F)c1F. The minimum absolute atomic E-state index is 0.0995. The van der Waals surface area contributed by atoms with E-state index in [0.717, 1.165) is 7.11 Å². The van der Waals surface area contributed by atoms with Crippen molar-refractivity contribution in [2.45, 2.75) is 0 Å². The molecule has 0 atom stereocenters. The first-order valence-electron chi connectivity index (χ1n) is 9.36. The highest BCUT2D eigenvalue weighted by Crippen LogP contribution is 2.29. The topological polar surface area (TPSA) is 27.7 Å². The average molecular weight is 530 g/mol. The molecule has 0 spiro atoms. The van der Waals surface area contributed by atoms with E-state index in [1.807, 2.05) is 0 Å². The normalized spacial score (nSPS) is 11.1. The molecule has 0 saturated carbocycles. The van der Waals surface area contributed by atoms with Crippen LogP contribution in [-0.4, -0.2) is 28.0 Å². The van der Waals surface area contributed by atoms with E-state index in [2.05, 4.69) is 14.2 Å². The maximum atomic E-state index is 15.2. The van der Waals surface area contributed by atoms with Crippen LogP contribution in [0, 0.1) is 64.0 Å². The van der Waals surface area contributed by atoms with E-state index in [-0.39, 0.29) is 6.07 Å². The van der Waals surface area contributed by atoms with Gasteiger partial charge in [0.15, 0.2) is 69.6 Å². The Labute approximate surface area is 195 Å². The van der Waals surface area contributed by atoms with E-state index in [1.54, 1.807) is 0 Å². The minimum Gasteiger partial charge on any atom is -0.494 e. The van der Waals surface area contributed by atoms with Crippen LogP contribution >= 0.6 is 0 Å². The third kappa shape index (κ3) is 3.86. The van der Waals surface area contributed by atoms with Gasteiger partial charge in [0.25, 0.3) is 6.71 Å². The summed E-state index contributed by atoms with van der Waals surface area (Å²) in [6.07, 6.45) is 0. The zero-order valence-corrected chi connectivity index (χ0v) is 18.0. The number of benzene rings is 3. The van der Waals surface area contributed by atoms with Gasteiger partial charge in [0, 0.05) is 22.5 Å². The molecule has 192 valence electrons. The van der Waals surface area contributed by atoms with E-state index in [9.17, 15) is 35.1 Å². The Bertz CT molecular complexity index is 1310. The van der Waals surface area contributed by atoms with Gasteiger partial charge in [-0.3, -0.25) is 0 Å². The number of hydrogen-bond acceptors (Lipinski definition) is 3. The second-order valence-corrected chi connectivity index (χ2v) is 6.94. The first kappa shape index (κ1) is 27.0. The molecule has 0 heterocycles. The highest BCUT2D eigenvalue weighted by atomic mass is 19.2. The Morgan fingerprint density at radius 1 is 0.444 bits per heavy atom. The second-order valence-electron chi connectivity index (χ2n) is 6.94. The summed E-state index contributed by atoms with van der Waals surface area (Å²) in [6.45, 7) is -3.30. The zero-order chi connectivity index (χ0) is 27.2. The van der Waals surface area contributed by atoms with E-state index < -0.39 is 104 Å². The molecule has 0 aliphatic carbocycles. The van der Waals surface area contributed by atoms with Gasteiger partial charge in [-0.2, -0.15) is 8.78 Å². The predicted molar refractivity (Wildman–Crippen MR) is 103 cm³/mol. The maximum absolute atomic E-state index is 15.2. The lowest BCUT2D eigenvalue weighted by atomic mass is 9.35. The third-order valence-electron chi connectivity index (χ3n) is 5.17. The van der Waals surface area contributed by atoms with Crippen LogP contribution in [0.3, 0.4) is 0 Å². The minimum atomic E-state index is -3.30. The predicted octanol–water partition coefficient (Wildman–Crippen LogP) is 3.76. The quantitative estimate of drug-likeness (QED) is 0.211. The largest absolute Gasteiger partial charge is 0.494 e. The number of methoxy groups -OCH3 is 3. The van der Waals surface area contributed by atoms with Crippen LogP contribution in [0.1, 0.15) is 0 Å². The van der Waals surface area contributed by atoms with Crippen molar-refractivity contribution in [2.75, 3.05) is 21.3 Å². The third-order valence-corrected chi connectivity index (χ3v) is 5.17. The van der Waals surface area contributed by atoms with Gasteiger partial charge >= 0.3 is 0 Å². The fraction of sp³-hybridized carbons (Fsp3) is 0.143. The maximum Gasteiger partial charge on any atom is 0.265 e. The molecule has 0 N–H and O–H groups in total. The molecule has 0 radical (unpaired) electrons. The van der Waals surface area contributed by atoms with Crippen molar-refractivity contribution < 1.29 is 62.5 Å². The first-order valence-corrected chi connectivity index (χ1v) is 9.36. The summed E-state index contributed by atoms with van der Waals surface area (Å²) in [7, 11) is 1.82. The van der Waals surface area contributed by atoms with Crippen molar-refractivity contribution in [1.82, 2.24) is 0 Å². The van der Waals surface area contributed by atoms with E-state index in [1.165, 1.54) is 0 Å². The lowest BCUT2D eigenvalue weighted by Gasteiger charge is -2.23. The lowest BCUT2D eigenvalue weighted by molar-refractivity contribution is 0.337. The highest BCUT2D eigenvalue weighted by Gasteiger charge is 2.44. The van der Waals surface area contributed by atoms with Gasteiger partial charge in [-0.05, 0) is 0 Å². The van der Waals surface area contributed by atoms with Crippen LogP contribution in [0.4, 0.5) is 48.3 Å². The van der Waals surface area contributed by atoms with Crippen LogP contribution in [-0.2, 0) is 0 Å². The molecule has 0 aliphatic heterocycles. The second kappa shape index (κ2) is 9.78. The first-order chi connectivity index (χ1) is 16.8. The summed E-state index contributed by atoms with van der Waals surface area (Å²) in [6, 6.07) is 0.0995. The lowest BCUT2D eigenvalue weighted by Crippen LogP contribution is -2.60. The standard InChI is InChI=1S/C21H10BF11O3/c1-34-6-4-5(23)10(24)7(11(6)25)22(8-12(26)16(30)18(32)20(35-2)14(8)28)9-13(27)17(31)19(33)21(36-3)15(9)29/h4H,1-3H3. The van der Waals surface area contributed by atoms with Crippen molar-refractivity contribution in [2.24, 2.45) is 0 Å². The van der Waals surface area contributed by atoms with Crippen LogP contribution < -0.4 is 30.6 Å². The van der Waals surface area contributed by atoms with Crippen molar-refractivity contribution in [3.05, 3.63) is 70.1 Å². The van der Waals surface area contributed by atoms with Gasteiger partial charge in [0.1, 0.15) is 0 Å². The summed E-state index contributed by atoms with van der Waals surface area (Å²) in [5, 5.41) is 0. The van der Waals surface area contributed by atoms with Crippen molar-refractivity contribution in [3.8, 4) is 17.2 Å². The smallest absolute Gasteiger partial charge is 0.265 e. The van der Waals surface area contributed by atoms with Gasteiger partial charge in [0.05, 0.1) is 21.3 Å².